The number of amides is 1. The van der Waals surface area contributed by atoms with Crippen LogP contribution in [0.4, 0.5) is 5.69 Å². The van der Waals surface area contributed by atoms with Crippen molar-refractivity contribution in [3.63, 3.8) is 0 Å². The quantitative estimate of drug-likeness (QED) is 0.337. The zero-order chi connectivity index (χ0) is 19.6. The number of amidine groups is 1. The van der Waals surface area contributed by atoms with Gasteiger partial charge in [-0.25, -0.2) is 0 Å². The second-order valence-electron chi connectivity index (χ2n) is 5.25. The van der Waals surface area contributed by atoms with E-state index in [1.807, 2.05) is 0 Å². The van der Waals surface area contributed by atoms with E-state index in [2.05, 4.69) is 5.32 Å². The van der Waals surface area contributed by atoms with Gasteiger partial charge in [-0.05, 0) is 41.6 Å². The highest BCUT2D eigenvalue weighted by Gasteiger charge is 2.22. The number of nitrogens with zero attached hydrogens (tertiary/aromatic N) is 1. The first-order valence-electron chi connectivity index (χ1n) is 7.33. The zero-order valence-electron chi connectivity index (χ0n) is 13.4. The molecular weight excluding hydrogens is 394 g/mol. The van der Waals surface area contributed by atoms with Crippen LogP contribution in [0.25, 0.3) is 6.08 Å². The van der Waals surface area contributed by atoms with Gasteiger partial charge in [0, 0.05) is 12.1 Å². The molecule has 1 amide bonds. The minimum atomic E-state index is -4.24. The largest absolute Gasteiger partial charge is 0.379 e. The van der Waals surface area contributed by atoms with Gasteiger partial charge in [0.25, 0.3) is 11.6 Å². The normalized spacial score (nSPS) is 15.6. The maximum absolute atomic E-state index is 12.3. The molecule has 27 heavy (non-hydrogen) atoms. The number of nitro groups is 1. The molecule has 0 saturated carbocycles. The van der Waals surface area contributed by atoms with E-state index >= 15 is 0 Å². The summed E-state index contributed by atoms with van der Waals surface area (Å²) in [6, 6.07) is 10.4. The molecule has 3 rings (SSSR count). The predicted octanol–water partition coefficient (Wildman–Crippen LogP) is 2.50. The second-order valence-corrected chi connectivity index (χ2v) is 7.85. The summed E-state index contributed by atoms with van der Waals surface area (Å²) in [6.45, 7) is 0. The fourth-order valence-electron chi connectivity index (χ4n) is 2.14. The minimum Gasteiger partial charge on any atom is -0.379 e. The molecule has 2 aromatic carbocycles. The van der Waals surface area contributed by atoms with Gasteiger partial charge < -0.3 is 9.50 Å². The Labute approximate surface area is 157 Å². The molecule has 0 aliphatic carbocycles. The molecule has 9 nitrogen and oxygen atoms in total. The first kappa shape index (κ1) is 18.6. The Morgan fingerprint density at radius 2 is 1.89 bits per heavy atom. The Morgan fingerprint density at radius 1 is 1.19 bits per heavy atom. The van der Waals surface area contributed by atoms with E-state index < -0.39 is 15.0 Å². The monoisotopic (exact) mass is 405 g/mol. The van der Waals surface area contributed by atoms with Crippen LogP contribution in [0.15, 0.2) is 58.3 Å². The molecule has 2 N–H and O–H groups in total. The van der Waals surface area contributed by atoms with Gasteiger partial charge in [-0.1, -0.05) is 18.2 Å². The van der Waals surface area contributed by atoms with Gasteiger partial charge in [0.15, 0.2) is 5.17 Å². The lowest BCUT2D eigenvalue weighted by Crippen LogP contribution is -2.18. The standard InChI is InChI=1S/C16H11N3O6S2/c17-16-18-15(20)14(26-16)8-10-4-6-12(7-5-10)25-27(23,24)13-3-1-2-11(9-13)19(21)22/h1-9H,(H2,17,18,20)/b14-8-. The number of carbonyl (C=O) groups is 1. The van der Waals surface area contributed by atoms with Crippen LogP contribution in [0.1, 0.15) is 5.56 Å². The summed E-state index contributed by atoms with van der Waals surface area (Å²) in [6.07, 6.45) is 1.56. The van der Waals surface area contributed by atoms with Crippen LogP contribution in [-0.4, -0.2) is 24.4 Å². The van der Waals surface area contributed by atoms with Crippen molar-refractivity contribution in [2.75, 3.05) is 0 Å². The van der Waals surface area contributed by atoms with Crippen LogP contribution in [0.2, 0.25) is 0 Å². The Balaban J connectivity index is 1.79. The molecule has 2 aromatic rings. The summed E-state index contributed by atoms with van der Waals surface area (Å²) in [4.78, 5) is 21.7. The minimum absolute atomic E-state index is 0.0138. The Bertz CT molecular complexity index is 1080. The van der Waals surface area contributed by atoms with Crippen molar-refractivity contribution in [1.82, 2.24) is 5.32 Å². The van der Waals surface area contributed by atoms with Crippen LogP contribution >= 0.6 is 11.8 Å². The molecule has 1 aliphatic heterocycles. The number of benzene rings is 2. The second kappa shape index (κ2) is 7.21. The lowest BCUT2D eigenvalue weighted by molar-refractivity contribution is -0.385. The molecule has 0 radical (unpaired) electrons. The Hall–Kier alpha value is -3.18. The third kappa shape index (κ3) is 4.33. The van der Waals surface area contributed by atoms with E-state index in [4.69, 9.17) is 9.59 Å². The molecule has 138 valence electrons. The van der Waals surface area contributed by atoms with Gasteiger partial charge in [0.05, 0.1) is 9.83 Å². The van der Waals surface area contributed by atoms with E-state index in [1.165, 1.54) is 30.3 Å². The number of rotatable bonds is 5. The van der Waals surface area contributed by atoms with Gasteiger partial charge in [0.1, 0.15) is 10.6 Å². The highest BCUT2D eigenvalue weighted by atomic mass is 32.2. The van der Waals surface area contributed by atoms with E-state index in [9.17, 15) is 23.3 Å². The number of carbonyl (C=O) groups excluding carboxylic acids is 1. The fourth-order valence-corrected chi connectivity index (χ4v) is 3.81. The maximum atomic E-state index is 12.3. The van der Waals surface area contributed by atoms with Crippen LogP contribution in [0, 0.1) is 15.5 Å². The summed E-state index contributed by atoms with van der Waals surface area (Å²) < 4.78 is 29.6. The number of hydrogen-bond acceptors (Lipinski definition) is 8. The summed E-state index contributed by atoms with van der Waals surface area (Å²) in [5, 5.41) is 20.6. The number of thioether (sulfide) groups is 1. The van der Waals surface area contributed by atoms with Crippen molar-refractivity contribution in [2.45, 2.75) is 4.90 Å². The molecule has 0 unspecified atom stereocenters. The van der Waals surface area contributed by atoms with Crippen molar-refractivity contribution in [3.8, 4) is 5.75 Å². The summed E-state index contributed by atoms with van der Waals surface area (Å²) >= 11 is 0.985. The number of hydrogen-bond donors (Lipinski definition) is 2. The lowest BCUT2D eigenvalue weighted by atomic mass is 10.2. The highest BCUT2D eigenvalue weighted by molar-refractivity contribution is 8.18. The van der Waals surface area contributed by atoms with E-state index in [1.54, 1.807) is 18.2 Å². The average molecular weight is 405 g/mol. The first-order valence-corrected chi connectivity index (χ1v) is 9.55. The van der Waals surface area contributed by atoms with Crippen LogP contribution in [0.3, 0.4) is 0 Å². The van der Waals surface area contributed by atoms with Crippen molar-refractivity contribution in [2.24, 2.45) is 0 Å². The molecule has 1 aliphatic rings. The van der Waals surface area contributed by atoms with Crippen LogP contribution < -0.4 is 9.50 Å². The zero-order valence-corrected chi connectivity index (χ0v) is 15.0. The van der Waals surface area contributed by atoms with Gasteiger partial charge in [-0.3, -0.25) is 20.3 Å². The molecule has 1 heterocycles. The summed E-state index contributed by atoms with van der Waals surface area (Å²) in [7, 11) is -4.24. The molecule has 11 heteroatoms. The molecular formula is C16H11N3O6S2. The van der Waals surface area contributed by atoms with Crippen LogP contribution in [-0.2, 0) is 14.9 Å². The number of nitrogens with one attached hydrogen (secondary N) is 2. The maximum Gasteiger partial charge on any atom is 0.339 e. The average Bonchev–Trinajstić information content (AvgIpc) is 2.93. The van der Waals surface area contributed by atoms with Gasteiger partial charge >= 0.3 is 10.1 Å². The van der Waals surface area contributed by atoms with E-state index in [0.717, 1.165) is 17.8 Å². The Kier molecular flexibility index (Phi) is 4.97. The number of non-ortho nitro benzene ring substituents is 1. The van der Waals surface area contributed by atoms with Gasteiger partial charge in [-0.2, -0.15) is 8.42 Å². The SMILES string of the molecule is N=C1NC(=O)/C(=C/c2ccc(OS(=O)(=O)c3cccc([N+](=O)[O-])c3)cc2)S1. The smallest absolute Gasteiger partial charge is 0.339 e. The third-order valence-corrected chi connectivity index (χ3v) is 5.44. The number of nitro benzene ring substituents is 1. The van der Waals surface area contributed by atoms with E-state index in [0.29, 0.717) is 10.5 Å². The predicted molar refractivity (Wildman–Crippen MR) is 98.8 cm³/mol. The molecule has 0 aromatic heterocycles. The van der Waals surface area contributed by atoms with Crippen molar-refractivity contribution in [3.05, 3.63) is 69.1 Å². The summed E-state index contributed by atoms with van der Waals surface area (Å²) in [5.41, 5.74) is 0.252. The lowest BCUT2D eigenvalue weighted by Gasteiger charge is -2.07. The molecule has 0 bridgehead atoms. The van der Waals surface area contributed by atoms with E-state index in [-0.39, 0.29) is 27.4 Å². The van der Waals surface area contributed by atoms with Crippen molar-refractivity contribution in [1.29, 1.82) is 5.41 Å². The van der Waals surface area contributed by atoms with Crippen molar-refractivity contribution < 1.29 is 22.3 Å². The van der Waals surface area contributed by atoms with Crippen LogP contribution in [0.5, 0.6) is 5.75 Å². The molecule has 0 atom stereocenters. The topological polar surface area (TPSA) is 139 Å². The van der Waals surface area contributed by atoms with Gasteiger partial charge in [0.2, 0.25) is 0 Å². The molecule has 1 saturated heterocycles. The Morgan fingerprint density at radius 3 is 2.48 bits per heavy atom. The highest BCUT2D eigenvalue weighted by Crippen LogP contribution is 2.26. The molecule has 1 fully saturated rings. The van der Waals surface area contributed by atoms with Gasteiger partial charge in [-0.15, -0.1) is 0 Å². The third-order valence-electron chi connectivity index (χ3n) is 3.36. The fraction of sp³-hybridized carbons (Fsp3) is 0. The summed E-state index contributed by atoms with van der Waals surface area (Å²) in [5.74, 6) is -0.362. The van der Waals surface area contributed by atoms with Crippen molar-refractivity contribution >= 4 is 44.7 Å². The molecule has 0 spiro atoms. The first-order chi connectivity index (χ1) is 12.7.